The van der Waals surface area contributed by atoms with E-state index in [4.69, 9.17) is 4.74 Å². The highest BCUT2D eigenvalue weighted by Gasteiger charge is 2.16. The van der Waals surface area contributed by atoms with E-state index in [1.54, 1.807) is 0 Å². The second kappa shape index (κ2) is 5.17. The fourth-order valence-corrected chi connectivity index (χ4v) is 2.27. The standard InChI is InChI=1S/C12H16BrNO2/c1-9(15)7-14-4-5-16-12-6-11(13)3-2-10(12)8-14/h2-3,6,9,15H,4-5,7-8H2,1H3. The molecular weight excluding hydrogens is 270 g/mol. The minimum Gasteiger partial charge on any atom is -0.492 e. The smallest absolute Gasteiger partial charge is 0.124 e. The van der Waals surface area contributed by atoms with E-state index < -0.39 is 0 Å². The van der Waals surface area contributed by atoms with Crippen molar-refractivity contribution < 1.29 is 9.84 Å². The number of ether oxygens (including phenoxy) is 1. The largest absolute Gasteiger partial charge is 0.492 e. The third-order valence-corrected chi connectivity index (χ3v) is 3.10. The molecule has 1 atom stereocenters. The van der Waals surface area contributed by atoms with Gasteiger partial charge in [-0.1, -0.05) is 22.0 Å². The van der Waals surface area contributed by atoms with E-state index >= 15 is 0 Å². The molecule has 1 heterocycles. The lowest BCUT2D eigenvalue weighted by molar-refractivity contribution is 0.117. The summed E-state index contributed by atoms with van der Waals surface area (Å²) in [4.78, 5) is 2.21. The van der Waals surface area contributed by atoms with Crippen molar-refractivity contribution in [3.05, 3.63) is 28.2 Å². The van der Waals surface area contributed by atoms with Crippen LogP contribution in [-0.4, -0.2) is 35.8 Å². The lowest BCUT2D eigenvalue weighted by atomic mass is 10.2. The first-order chi connectivity index (χ1) is 7.65. The van der Waals surface area contributed by atoms with E-state index in [9.17, 15) is 5.11 Å². The summed E-state index contributed by atoms with van der Waals surface area (Å²) in [5, 5.41) is 9.40. The second-order valence-electron chi connectivity index (χ2n) is 4.18. The number of nitrogens with zero attached hydrogens (tertiary/aromatic N) is 1. The van der Waals surface area contributed by atoms with Crippen LogP contribution in [0.2, 0.25) is 0 Å². The molecule has 1 aromatic rings. The molecule has 0 saturated carbocycles. The van der Waals surface area contributed by atoms with Crippen molar-refractivity contribution in [2.45, 2.75) is 19.6 Å². The Bertz CT molecular complexity index is 368. The molecule has 0 amide bonds. The van der Waals surface area contributed by atoms with Crippen molar-refractivity contribution >= 4 is 15.9 Å². The summed E-state index contributed by atoms with van der Waals surface area (Å²) in [5.41, 5.74) is 1.18. The zero-order valence-corrected chi connectivity index (χ0v) is 10.9. The Morgan fingerprint density at radius 3 is 3.12 bits per heavy atom. The van der Waals surface area contributed by atoms with Gasteiger partial charge in [0.1, 0.15) is 12.4 Å². The van der Waals surface area contributed by atoms with E-state index in [0.717, 1.165) is 23.3 Å². The summed E-state index contributed by atoms with van der Waals surface area (Å²) in [6.07, 6.45) is -0.294. The van der Waals surface area contributed by atoms with Gasteiger partial charge < -0.3 is 9.84 Å². The van der Waals surface area contributed by atoms with Gasteiger partial charge in [-0.25, -0.2) is 0 Å². The Balaban J connectivity index is 2.14. The predicted octanol–water partition coefficient (Wildman–Crippen LogP) is 2.02. The van der Waals surface area contributed by atoms with Crippen molar-refractivity contribution in [2.24, 2.45) is 0 Å². The SMILES string of the molecule is CC(O)CN1CCOc2cc(Br)ccc2C1. The van der Waals surface area contributed by atoms with Gasteiger partial charge in [0.25, 0.3) is 0 Å². The summed E-state index contributed by atoms with van der Waals surface area (Å²) in [6.45, 7) is 4.88. The van der Waals surface area contributed by atoms with Crippen LogP contribution in [0.4, 0.5) is 0 Å². The Morgan fingerprint density at radius 2 is 2.38 bits per heavy atom. The first-order valence-corrected chi connectivity index (χ1v) is 6.26. The average molecular weight is 286 g/mol. The number of hydrogen-bond donors (Lipinski definition) is 1. The number of hydrogen-bond acceptors (Lipinski definition) is 3. The molecule has 1 aliphatic heterocycles. The Morgan fingerprint density at radius 1 is 1.56 bits per heavy atom. The molecule has 4 heteroatoms. The van der Waals surface area contributed by atoms with Gasteiger partial charge in [0, 0.05) is 29.7 Å². The molecule has 0 aromatic heterocycles. The lowest BCUT2D eigenvalue weighted by Crippen LogP contribution is -2.32. The fraction of sp³-hybridized carbons (Fsp3) is 0.500. The first-order valence-electron chi connectivity index (χ1n) is 5.47. The number of aliphatic hydroxyl groups is 1. The predicted molar refractivity (Wildman–Crippen MR) is 66.6 cm³/mol. The molecule has 1 aromatic carbocycles. The summed E-state index contributed by atoms with van der Waals surface area (Å²) in [5.74, 6) is 0.947. The zero-order valence-electron chi connectivity index (χ0n) is 9.32. The summed E-state index contributed by atoms with van der Waals surface area (Å²) in [6, 6.07) is 6.09. The maximum absolute atomic E-state index is 9.40. The molecule has 0 spiro atoms. The molecule has 88 valence electrons. The molecule has 0 saturated heterocycles. The first kappa shape index (κ1) is 11.9. The van der Waals surface area contributed by atoms with Crippen molar-refractivity contribution in [3.63, 3.8) is 0 Å². The van der Waals surface area contributed by atoms with Gasteiger partial charge in [-0.3, -0.25) is 4.90 Å². The van der Waals surface area contributed by atoms with Crippen LogP contribution in [-0.2, 0) is 6.54 Å². The van der Waals surface area contributed by atoms with Gasteiger partial charge in [0.15, 0.2) is 0 Å². The second-order valence-corrected chi connectivity index (χ2v) is 5.10. The molecule has 1 aliphatic rings. The minimum absolute atomic E-state index is 0.294. The van der Waals surface area contributed by atoms with Gasteiger partial charge in [0.05, 0.1) is 6.10 Å². The van der Waals surface area contributed by atoms with E-state index in [1.807, 2.05) is 19.1 Å². The molecule has 0 bridgehead atoms. The van der Waals surface area contributed by atoms with Gasteiger partial charge in [-0.15, -0.1) is 0 Å². The van der Waals surface area contributed by atoms with Crippen LogP contribution in [0, 0.1) is 0 Å². The van der Waals surface area contributed by atoms with Crippen LogP contribution in [0.25, 0.3) is 0 Å². The molecule has 1 unspecified atom stereocenters. The minimum atomic E-state index is -0.294. The molecule has 16 heavy (non-hydrogen) atoms. The maximum atomic E-state index is 9.40. The van der Waals surface area contributed by atoms with Crippen molar-refractivity contribution in [1.29, 1.82) is 0 Å². The number of halogens is 1. The topological polar surface area (TPSA) is 32.7 Å². The number of β-amino-alcohol motifs (C(OH)–C–C–N with tert-alkyl or cyclic N) is 1. The van der Waals surface area contributed by atoms with E-state index in [0.29, 0.717) is 13.2 Å². The van der Waals surface area contributed by atoms with Crippen LogP contribution in [0.1, 0.15) is 12.5 Å². The van der Waals surface area contributed by atoms with Gasteiger partial charge >= 0.3 is 0 Å². The number of aliphatic hydroxyl groups excluding tert-OH is 1. The van der Waals surface area contributed by atoms with Crippen LogP contribution in [0.3, 0.4) is 0 Å². The molecular formula is C12H16BrNO2. The highest BCUT2D eigenvalue weighted by molar-refractivity contribution is 9.10. The van der Waals surface area contributed by atoms with Crippen LogP contribution >= 0.6 is 15.9 Å². The van der Waals surface area contributed by atoms with E-state index in [-0.39, 0.29) is 6.10 Å². The van der Waals surface area contributed by atoms with Gasteiger partial charge in [-0.05, 0) is 19.1 Å². The molecule has 3 nitrogen and oxygen atoms in total. The van der Waals surface area contributed by atoms with Crippen LogP contribution in [0.5, 0.6) is 5.75 Å². The van der Waals surface area contributed by atoms with Crippen molar-refractivity contribution in [3.8, 4) is 5.75 Å². The maximum Gasteiger partial charge on any atom is 0.124 e. The third kappa shape index (κ3) is 2.97. The summed E-state index contributed by atoms with van der Waals surface area (Å²) >= 11 is 3.44. The number of rotatable bonds is 2. The van der Waals surface area contributed by atoms with Crippen LogP contribution < -0.4 is 4.74 Å². The Hall–Kier alpha value is -0.580. The molecule has 2 rings (SSSR count). The summed E-state index contributed by atoms with van der Waals surface area (Å²) in [7, 11) is 0. The van der Waals surface area contributed by atoms with E-state index in [2.05, 4.69) is 26.9 Å². The Kier molecular flexibility index (Phi) is 3.84. The van der Waals surface area contributed by atoms with Crippen molar-refractivity contribution in [2.75, 3.05) is 19.7 Å². The molecule has 1 N–H and O–H groups in total. The highest BCUT2D eigenvalue weighted by Crippen LogP contribution is 2.26. The zero-order chi connectivity index (χ0) is 11.5. The van der Waals surface area contributed by atoms with E-state index in [1.165, 1.54) is 5.56 Å². The quantitative estimate of drug-likeness (QED) is 0.903. The third-order valence-electron chi connectivity index (χ3n) is 2.61. The average Bonchev–Trinajstić information content (AvgIpc) is 2.38. The number of benzene rings is 1. The lowest BCUT2D eigenvalue weighted by Gasteiger charge is -2.20. The normalized spacial score (nSPS) is 18.4. The number of fused-ring (bicyclic) bond motifs is 1. The highest BCUT2D eigenvalue weighted by atomic mass is 79.9. The molecule has 0 fully saturated rings. The van der Waals surface area contributed by atoms with Gasteiger partial charge in [0.2, 0.25) is 0 Å². The summed E-state index contributed by atoms with van der Waals surface area (Å²) < 4.78 is 6.73. The molecule has 0 aliphatic carbocycles. The van der Waals surface area contributed by atoms with Crippen molar-refractivity contribution in [1.82, 2.24) is 4.90 Å². The van der Waals surface area contributed by atoms with Gasteiger partial charge in [-0.2, -0.15) is 0 Å². The van der Waals surface area contributed by atoms with Crippen LogP contribution in [0.15, 0.2) is 22.7 Å². The monoisotopic (exact) mass is 285 g/mol. The molecule has 0 radical (unpaired) electrons. The fourth-order valence-electron chi connectivity index (χ4n) is 1.93. The Labute approximate surface area is 104 Å².